The lowest BCUT2D eigenvalue weighted by molar-refractivity contribution is -0.141. The molecule has 0 spiro atoms. The van der Waals surface area contributed by atoms with Crippen molar-refractivity contribution in [3.8, 4) is 11.1 Å². The second-order valence-corrected chi connectivity index (χ2v) is 7.65. The Bertz CT molecular complexity index is 1160. The monoisotopic (exact) mass is 416 g/mol. The van der Waals surface area contributed by atoms with Gasteiger partial charge in [0.25, 0.3) is 0 Å². The highest BCUT2D eigenvalue weighted by Gasteiger charge is 2.33. The van der Waals surface area contributed by atoms with Gasteiger partial charge < -0.3 is 10.2 Å². The molecule has 1 atom stereocenters. The Morgan fingerprint density at radius 2 is 1.86 bits per heavy atom. The predicted molar refractivity (Wildman–Crippen MR) is 105 cm³/mol. The number of hydrogen-bond acceptors (Lipinski definition) is 6. The Morgan fingerprint density at radius 1 is 1.10 bits per heavy atom. The smallest absolute Gasteiger partial charge is 0.433 e. The Hall–Kier alpha value is -3.07. The van der Waals surface area contributed by atoms with Gasteiger partial charge in [0.15, 0.2) is 16.4 Å². The van der Waals surface area contributed by atoms with E-state index in [4.69, 9.17) is 10.2 Å². The van der Waals surface area contributed by atoms with Crippen LogP contribution in [-0.2, 0) is 6.18 Å². The summed E-state index contributed by atoms with van der Waals surface area (Å²) in [4.78, 5) is 11.9. The van der Waals surface area contributed by atoms with E-state index in [1.807, 2.05) is 43.3 Å². The highest BCUT2D eigenvalue weighted by molar-refractivity contribution is 7.99. The van der Waals surface area contributed by atoms with Crippen LogP contribution in [-0.4, -0.2) is 15.0 Å². The summed E-state index contributed by atoms with van der Waals surface area (Å²) < 4.78 is 44.5. The number of alkyl halides is 3. The molecule has 0 bridgehead atoms. The van der Waals surface area contributed by atoms with E-state index < -0.39 is 11.9 Å². The summed E-state index contributed by atoms with van der Waals surface area (Å²) in [5.41, 5.74) is 7.67. The van der Waals surface area contributed by atoms with Gasteiger partial charge in [0.1, 0.15) is 5.82 Å². The highest BCUT2D eigenvalue weighted by Crippen LogP contribution is 2.37. The lowest BCUT2D eigenvalue weighted by atomic mass is 10.0. The number of fused-ring (bicyclic) bond motifs is 1. The third-order valence-electron chi connectivity index (χ3n) is 4.28. The van der Waals surface area contributed by atoms with Crippen molar-refractivity contribution >= 4 is 28.5 Å². The third kappa shape index (κ3) is 4.04. The molecule has 3 heterocycles. The van der Waals surface area contributed by atoms with E-state index in [0.717, 1.165) is 34.3 Å². The molecule has 1 aromatic carbocycles. The number of nitrogens with zero attached hydrogens (tertiary/aromatic N) is 3. The molecule has 9 heteroatoms. The van der Waals surface area contributed by atoms with Gasteiger partial charge in [-0.1, -0.05) is 42.1 Å². The number of rotatable bonds is 4. The topological polar surface area (TPSA) is 77.8 Å². The van der Waals surface area contributed by atoms with Gasteiger partial charge in [-0.3, -0.25) is 4.98 Å². The minimum absolute atomic E-state index is 0.0535. The average Bonchev–Trinajstić information content (AvgIpc) is 3.10. The van der Waals surface area contributed by atoms with Crippen molar-refractivity contribution in [3.05, 3.63) is 66.3 Å². The standard InChI is InChI=1S/C20H15F3N4OS/c1-11(29-19-26-17(20(21,22)23)8-18(24)27-19)15-7-13-14(10-28-16(13)9-25-15)12-5-3-2-4-6-12/h2-11H,1H3,(H2,24,26,27). The normalized spacial score (nSPS) is 13.0. The van der Waals surface area contributed by atoms with Crippen molar-refractivity contribution in [1.82, 2.24) is 15.0 Å². The molecular formula is C20H15F3N4OS. The van der Waals surface area contributed by atoms with Crippen molar-refractivity contribution in [3.63, 3.8) is 0 Å². The van der Waals surface area contributed by atoms with Crippen LogP contribution in [0.15, 0.2) is 64.5 Å². The fourth-order valence-electron chi connectivity index (χ4n) is 2.87. The fraction of sp³-hybridized carbons (Fsp3) is 0.150. The van der Waals surface area contributed by atoms with Crippen molar-refractivity contribution in [1.29, 1.82) is 0 Å². The van der Waals surface area contributed by atoms with Crippen LogP contribution in [0.3, 0.4) is 0 Å². The first-order chi connectivity index (χ1) is 13.8. The molecule has 29 heavy (non-hydrogen) atoms. The zero-order chi connectivity index (χ0) is 20.6. The molecule has 0 saturated heterocycles. The zero-order valence-electron chi connectivity index (χ0n) is 15.1. The summed E-state index contributed by atoms with van der Waals surface area (Å²) in [6, 6.07) is 12.3. The van der Waals surface area contributed by atoms with Crippen LogP contribution < -0.4 is 5.73 Å². The number of hydrogen-bond donors (Lipinski definition) is 1. The molecule has 4 aromatic rings. The van der Waals surface area contributed by atoms with Crippen LogP contribution in [0.4, 0.5) is 19.0 Å². The van der Waals surface area contributed by atoms with E-state index in [9.17, 15) is 13.2 Å². The number of furan rings is 1. The molecule has 1 unspecified atom stereocenters. The number of thioether (sulfide) groups is 1. The molecule has 0 fully saturated rings. The fourth-order valence-corrected chi connectivity index (χ4v) is 3.75. The van der Waals surface area contributed by atoms with Crippen LogP contribution in [0.2, 0.25) is 0 Å². The minimum atomic E-state index is -4.59. The van der Waals surface area contributed by atoms with Crippen LogP contribution in [0.1, 0.15) is 23.6 Å². The summed E-state index contributed by atoms with van der Waals surface area (Å²) in [7, 11) is 0. The molecule has 0 aliphatic heterocycles. The van der Waals surface area contributed by atoms with Gasteiger partial charge in [-0.2, -0.15) is 13.2 Å². The van der Waals surface area contributed by atoms with E-state index in [1.54, 1.807) is 12.5 Å². The van der Waals surface area contributed by atoms with Gasteiger partial charge in [0.05, 0.1) is 23.4 Å². The maximum Gasteiger partial charge on any atom is 0.433 e. The van der Waals surface area contributed by atoms with Crippen LogP contribution >= 0.6 is 11.8 Å². The van der Waals surface area contributed by atoms with E-state index in [-0.39, 0.29) is 16.2 Å². The van der Waals surface area contributed by atoms with Gasteiger partial charge in [-0.25, -0.2) is 9.97 Å². The second kappa shape index (κ2) is 7.40. The van der Waals surface area contributed by atoms with Crippen LogP contribution in [0.5, 0.6) is 0 Å². The number of nitrogens with two attached hydrogens (primary N) is 1. The molecule has 0 aliphatic carbocycles. The van der Waals surface area contributed by atoms with E-state index in [0.29, 0.717) is 11.3 Å². The van der Waals surface area contributed by atoms with Crippen LogP contribution in [0.25, 0.3) is 22.1 Å². The van der Waals surface area contributed by atoms with Gasteiger partial charge in [0, 0.05) is 17.0 Å². The van der Waals surface area contributed by atoms with Gasteiger partial charge >= 0.3 is 6.18 Å². The van der Waals surface area contributed by atoms with Crippen molar-refractivity contribution < 1.29 is 17.6 Å². The van der Waals surface area contributed by atoms with E-state index >= 15 is 0 Å². The minimum Gasteiger partial charge on any atom is -0.462 e. The Labute approximate surface area is 168 Å². The maximum atomic E-state index is 13.0. The summed E-state index contributed by atoms with van der Waals surface area (Å²) in [5, 5.41) is 0.515. The first-order valence-corrected chi connectivity index (χ1v) is 9.50. The van der Waals surface area contributed by atoms with Crippen molar-refractivity contribution in [2.75, 3.05) is 5.73 Å². The molecule has 2 N–H and O–H groups in total. The first-order valence-electron chi connectivity index (χ1n) is 8.62. The van der Waals surface area contributed by atoms with E-state index in [2.05, 4.69) is 15.0 Å². The summed E-state index contributed by atoms with van der Waals surface area (Å²) in [5.74, 6) is -0.230. The lowest BCUT2D eigenvalue weighted by Gasteiger charge is -2.12. The molecule has 0 saturated carbocycles. The second-order valence-electron chi connectivity index (χ2n) is 6.34. The quantitative estimate of drug-likeness (QED) is 0.338. The highest BCUT2D eigenvalue weighted by atomic mass is 32.2. The molecule has 0 radical (unpaired) electrons. The number of nitrogen functional groups attached to an aromatic ring is 1. The van der Waals surface area contributed by atoms with Gasteiger partial charge in [-0.05, 0) is 18.6 Å². The molecule has 0 aliphatic rings. The number of aromatic nitrogens is 3. The largest absolute Gasteiger partial charge is 0.462 e. The van der Waals surface area contributed by atoms with Crippen LogP contribution in [0, 0.1) is 0 Å². The number of anilines is 1. The predicted octanol–water partition coefficient (Wildman–Crippen LogP) is 5.74. The number of benzene rings is 1. The summed E-state index contributed by atoms with van der Waals surface area (Å²) in [6.45, 7) is 1.82. The zero-order valence-corrected chi connectivity index (χ0v) is 16.0. The Morgan fingerprint density at radius 3 is 2.59 bits per heavy atom. The lowest BCUT2D eigenvalue weighted by Crippen LogP contribution is -2.11. The SMILES string of the molecule is CC(Sc1nc(N)cc(C(F)(F)F)n1)c1cc2c(-c3ccccc3)coc2cn1. The van der Waals surface area contributed by atoms with E-state index in [1.165, 1.54) is 0 Å². The molecule has 148 valence electrons. The van der Waals surface area contributed by atoms with Gasteiger partial charge in [-0.15, -0.1) is 0 Å². The first kappa shape index (κ1) is 19.3. The summed E-state index contributed by atoms with van der Waals surface area (Å²) in [6.07, 6.45) is -1.32. The third-order valence-corrected chi connectivity index (χ3v) is 5.27. The Balaban J connectivity index is 1.66. The maximum absolute atomic E-state index is 13.0. The number of halogens is 3. The molecular weight excluding hydrogens is 401 g/mol. The molecule has 5 nitrogen and oxygen atoms in total. The van der Waals surface area contributed by atoms with Crippen molar-refractivity contribution in [2.45, 2.75) is 23.5 Å². The molecule has 4 rings (SSSR count). The summed E-state index contributed by atoms with van der Waals surface area (Å²) >= 11 is 1.06. The number of pyridine rings is 1. The van der Waals surface area contributed by atoms with Crippen molar-refractivity contribution in [2.24, 2.45) is 0 Å². The molecule has 0 amide bonds. The van der Waals surface area contributed by atoms with Gasteiger partial charge in [0.2, 0.25) is 0 Å². The average molecular weight is 416 g/mol. The molecule has 3 aromatic heterocycles. The Kier molecular flexibility index (Phi) is 4.91.